The summed E-state index contributed by atoms with van der Waals surface area (Å²) < 4.78 is 14.9. The van der Waals surface area contributed by atoms with E-state index >= 15 is 0 Å². The molecule has 1 aromatic heterocycles. The molecule has 1 aliphatic rings. The van der Waals surface area contributed by atoms with Crippen LogP contribution in [0.4, 0.5) is 21.8 Å². The largest absolute Gasteiger partial charge is 0.352 e. The van der Waals surface area contributed by atoms with Crippen LogP contribution >= 0.6 is 22.6 Å². The van der Waals surface area contributed by atoms with Crippen molar-refractivity contribution in [2.24, 2.45) is 0 Å². The van der Waals surface area contributed by atoms with E-state index < -0.39 is 0 Å². The lowest BCUT2D eigenvalue weighted by molar-refractivity contribution is 0.631. The number of nitrogens with one attached hydrogen (secondary N) is 2. The van der Waals surface area contributed by atoms with Crippen LogP contribution in [-0.2, 0) is 0 Å². The molecule has 1 aromatic carbocycles. The van der Waals surface area contributed by atoms with Crippen molar-refractivity contribution >= 4 is 40.0 Å². The molecule has 23 heavy (non-hydrogen) atoms. The Labute approximate surface area is 149 Å². The molecule has 1 fully saturated rings. The smallest absolute Gasteiger partial charge is 0.225 e. The number of hydrogen-bond acceptors (Lipinski definition) is 4. The maximum absolute atomic E-state index is 14.0. The maximum atomic E-state index is 14.0. The Bertz CT molecular complexity index is 703. The minimum Gasteiger partial charge on any atom is -0.352 e. The van der Waals surface area contributed by atoms with E-state index in [0.717, 1.165) is 28.5 Å². The van der Waals surface area contributed by atoms with Gasteiger partial charge in [-0.1, -0.05) is 6.92 Å². The topological polar surface area (TPSA) is 49.8 Å². The van der Waals surface area contributed by atoms with Gasteiger partial charge in [-0.2, -0.15) is 4.98 Å². The van der Waals surface area contributed by atoms with E-state index in [1.54, 1.807) is 6.07 Å². The average molecular weight is 426 g/mol. The van der Waals surface area contributed by atoms with E-state index in [9.17, 15) is 4.39 Å². The fourth-order valence-electron chi connectivity index (χ4n) is 2.23. The number of nitrogens with zero attached hydrogens (tertiary/aromatic N) is 2. The van der Waals surface area contributed by atoms with Crippen LogP contribution in [-0.4, -0.2) is 16.0 Å². The van der Waals surface area contributed by atoms with Gasteiger partial charge < -0.3 is 10.6 Å². The maximum Gasteiger partial charge on any atom is 0.225 e. The van der Waals surface area contributed by atoms with Crippen molar-refractivity contribution in [1.29, 1.82) is 0 Å². The monoisotopic (exact) mass is 426 g/mol. The number of anilines is 3. The van der Waals surface area contributed by atoms with E-state index in [0.29, 0.717) is 29.4 Å². The second kappa shape index (κ2) is 6.98. The fourth-order valence-corrected chi connectivity index (χ4v) is 2.69. The van der Waals surface area contributed by atoms with Gasteiger partial charge in [0, 0.05) is 21.6 Å². The molecule has 0 saturated heterocycles. The summed E-state index contributed by atoms with van der Waals surface area (Å²) in [5, 5.41) is 6.39. The second-order valence-corrected chi connectivity index (χ2v) is 7.22. The van der Waals surface area contributed by atoms with Crippen molar-refractivity contribution in [2.45, 2.75) is 45.1 Å². The molecule has 0 radical (unpaired) electrons. The highest BCUT2D eigenvalue weighted by atomic mass is 127. The Morgan fingerprint density at radius 1 is 1.30 bits per heavy atom. The molecule has 1 atom stereocenters. The molecule has 0 aliphatic heterocycles. The SMILES string of the molecule is CC[C@@H](C)Nc1nc(Nc2ccc(I)cc2F)cc(C2CC2)n1. The van der Waals surface area contributed by atoms with Gasteiger partial charge >= 0.3 is 0 Å². The zero-order chi connectivity index (χ0) is 16.4. The summed E-state index contributed by atoms with van der Waals surface area (Å²) in [4.78, 5) is 9.09. The zero-order valence-corrected chi connectivity index (χ0v) is 15.4. The van der Waals surface area contributed by atoms with E-state index in [1.807, 2.05) is 12.1 Å². The van der Waals surface area contributed by atoms with Crippen LogP contribution in [0.1, 0.15) is 44.7 Å². The van der Waals surface area contributed by atoms with Crippen LogP contribution < -0.4 is 10.6 Å². The number of aromatic nitrogens is 2. The van der Waals surface area contributed by atoms with Crippen LogP contribution in [0.3, 0.4) is 0 Å². The fraction of sp³-hybridized carbons (Fsp3) is 0.412. The highest BCUT2D eigenvalue weighted by molar-refractivity contribution is 14.1. The second-order valence-electron chi connectivity index (χ2n) is 5.98. The normalized spacial score (nSPS) is 15.3. The molecule has 2 N–H and O–H groups in total. The molecule has 3 rings (SSSR count). The molecule has 0 spiro atoms. The Kier molecular flexibility index (Phi) is 4.99. The first-order valence-electron chi connectivity index (χ1n) is 7.92. The van der Waals surface area contributed by atoms with Crippen LogP contribution in [0, 0.1) is 9.39 Å². The molecular formula is C17H20FIN4. The average Bonchev–Trinajstić information content (AvgIpc) is 3.34. The predicted molar refractivity (Wildman–Crippen MR) is 99.8 cm³/mol. The van der Waals surface area contributed by atoms with Gasteiger partial charge in [0.1, 0.15) is 11.6 Å². The van der Waals surface area contributed by atoms with Crippen LogP contribution in [0.25, 0.3) is 0 Å². The van der Waals surface area contributed by atoms with Gasteiger partial charge in [0.25, 0.3) is 0 Å². The lowest BCUT2D eigenvalue weighted by Crippen LogP contribution is -2.16. The van der Waals surface area contributed by atoms with Gasteiger partial charge in [-0.15, -0.1) is 0 Å². The third kappa shape index (κ3) is 4.31. The van der Waals surface area contributed by atoms with Crippen molar-refractivity contribution in [3.8, 4) is 0 Å². The third-order valence-electron chi connectivity index (χ3n) is 3.92. The Morgan fingerprint density at radius 2 is 2.09 bits per heavy atom. The summed E-state index contributed by atoms with van der Waals surface area (Å²) in [5.41, 5.74) is 1.46. The number of rotatable bonds is 6. The number of halogens is 2. The van der Waals surface area contributed by atoms with Gasteiger partial charge in [0.2, 0.25) is 5.95 Å². The van der Waals surface area contributed by atoms with Crippen molar-refractivity contribution in [3.63, 3.8) is 0 Å². The lowest BCUT2D eigenvalue weighted by Gasteiger charge is -2.14. The summed E-state index contributed by atoms with van der Waals surface area (Å²) in [6, 6.07) is 7.33. The quantitative estimate of drug-likeness (QED) is 0.635. The standard InChI is InChI=1S/C17H20FIN4/c1-3-10(2)20-17-22-15(11-4-5-11)9-16(23-17)21-14-7-6-12(19)8-13(14)18/h6-11H,3-5H2,1-2H3,(H2,20,21,22,23)/t10-/m1/s1. The summed E-state index contributed by atoms with van der Waals surface area (Å²) in [7, 11) is 0. The van der Waals surface area contributed by atoms with Gasteiger partial charge in [-0.3, -0.25) is 0 Å². The molecule has 0 bridgehead atoms. The van der Waals surface area contributed by atoms with Crippen molar-refractivity contribution in [2.75, 3.05) is 10.6 Å². The summed E-state index contributed by atoms with van der Waals surface area (Å²) in [6.07, 6.45) is 3.32. The minimum absolute atomic E-state index is 0.278. The molecular weight excluding hydrogens is 406 g/mol. The lowest BCUT2D eigenvalue weighted by atomic mass is 10.2. The molecule has 1 heterocycles. The Balaban J connectivity index is 1.87. The number of hydrogen-bond donors (Lipinski definition) is 2. The summed E-state index contributed by atoms with van der Waals surface area (Å²) >= 11 is 2.09. The van der Waals surface area contributed by atoms with Gasteiger partial charge in [-0.05, 0) is 67.0 Å². The molecule has 1 aliphatic carbocycles. The molecule has 6 heteroatoms. The molecule has 0 amide bonds. The first kappa shape index (κ1) is 16.4. The van der Waals surface area contributed by atoms with Crippen LogP contribution in [0.2, 0.25) is 0 Å². The predicted octanol–water partition coefficient (Wildman–Crippen LogP) is 5.05. The van der Waals surface area contributed by atoms with Gasteiger partial charge in [0.05, 0.1) is 11.4 Å². The van der Waals surface area contributed by atoms with Crippen LogP contribution in [0.15, 0.2) is 24.3 Å². The number of benzene rings is 1. The third-order valence-corrected chi connectivity index (χ3v) is 4.59. The summed E-state index contributed by atoms with van der Waals surface area (Å²) in [5.74, 6) is 1.47. The van der Waals surface area contributed by atoms with Crippen molar-refractivity contribution < 1.29 is 4.39 Å². The summed E-state index contributed by atoms with van der Waals surface area (Å²) in [6.45, 7) is 4.21. The molecule has 2 aromatic rings. The highest BCUT2D eigenvalue weighted by Gasteiger charge is 2.26. The highest BCUT2D eigenvalue weighted by Crippen LogP contribution is 2.40. The van der Waals surface area contributed by atoms with E-state index in [1.165, 1.54) is 6.07 Å². The van der Waals surface area contributed by atoms with E-state index in [2.05, 4.69) is 57.0 Å². The Morgan fingerprint density at radius 3 is 2.74 bits per heavy atom. The van der Waals surface area contributed by atoms with Crippen molar-refractivity contribution in [3.05, 3.63) is 39.3 Å². The Hall–Kier alpha value is -1.44. The van der Waals surface area contributed by atoms with E-state index in [4.69, 9.17) is 0 Å². The minimum atomic E-state index is -0.278. The van der Waals surface area contributed by atoms with Crippen molar-refractivity contribution in [1.82, 2.24) is 9.97 Å². The molecule has 122 valence electrons. The zero-order valence-electron chi connectivity index (χ0n) is 13.2. The molecule has 4 nitrogen and oxygen atoms in total. The van der Waals surface area contributed by atoms with Gasteiger partial charge in [-0.25, -0.2) is 9.37 Å². The first-order valence-corrected chi connectivity index (χ1v) is 9.00. The van der Waals surface area contributed by atoms with Gasteiger partial charge in [0.15, 0.2) is 0 Å². The molecule has 1 saturated carbocycles. The first-order chi connectivity index (χ1) is 11.0. The molecule has 0 unspecified atom stereocenters. The van der Waals surface area contributed by atoms with E-state index in [-0.39, 0.29) is 5.82 Å². The van der Waals surface area contributed by atoms with Crippen LogP contribution in [0.5, 0.6) is 0 Å².